The molecule has 0 saturated carbocycles. The highest BCUT2D eigenvalue weighted by molar-refractivity contribution is 7.99. The van der Waals surface area contributed by atoms with Gasteiger partial charge in [0.1, 0.15) is 103 Å². The molecule has 70 heavy (non-hydrogen) atoms. The van der Waals surface area contributed by atoms with Gasteiger partial charge >= 0.3 is 5.97 Å². The van der Waals surface area contributed by atoms with Gasteiger partial charge in [-0.05, 0) is 37.1 Å². The Kier molecular flexibility index (Phi) is 23.1. The van der Waals surface area contributed by atoms with Crippen LogP contribution in [-0.2, 0) is 47.5 Å². The van der Waals surface area contributed by atoms with Crippen LogP contribution in [0, 0.1) is 10.1 Å². The number of amides is 1. The number of rotatable bonds is 25. The fourth-order valence-electron chi connectivity index (χ4n) is 7.79. The average Bonchev–Trinajstić information content (AvgIpc) is 3.34. The molecule has 0 unspecified atom stereocenters. The first kappa shape index (κ1) is 58.0. The third kappa shape index (κ3) is 15.1. The van der Waals surface area contributed by atoms with E-state index in [1.165, 1.54) is 36.0 Å². The molecule has 20 atom stereocenters. The van der Waals surface area contributed by atoms with Crippen molar-refractivity contribution < 1.29 is 124 Å². The van der Waals surface area contributed by atoms with Gasteiger partial charge in [-0.15, -0.1) is 0 Å². The van der Waals surface area contributed by atoms with E-state index < -0.39 is 160 Å². The summed E-state index contributed by atoms with van der Waals surface area (Å²) in [7, 11) is 0. The SMILES string of the molecule is O=C(CCCCC(=O)Oc1ccc([N+](=O)[O-])cc1)NCCSCCCO[C@H]1O[C@H](CO)[C@@H](O)[C@H](O)[C@@H]1O[C@H]1O[C@H](CO)[C@@H](O)[C@H](O)[C@@H]1O[C@@H]1O[C@H](CO)[C@@H](O)[C@H](O)[C@@H]1O[C@@H]1O[C@H](CO)[C@@H](O)[C@H](O)[C@@H]1O. The molecule has 4 aliphatic heterocycles. The van der Waals surface area contributed by atoms with Crippen LogP contribution in [0.5, 0.6) is 5.75 Å². The highest BCUT2D eigenvalue weighted by atomic mass is 32.2. The molecule has 4 saturated heterocycles. The molecule has 5 rings (SSSR count). The summed E-state index contributed by atoms with van der Waals surface area (Å²) < 4.78 is 51.2. The molecular weight excluding hydrogens is 969 g/mol. The fraction of sp³-hybridized carbons (Fsp3) is 0.805. The van der Waals surface area contributed by atoms with E-state index in [1.807, 2.05) is 0 Å². The summed E-state index contributed by atoms with van der Waals surface area (Å²) in [6, 6.07) is 5.06. The Morgan fingerprint density at radius 1 is 0.571 bits per heavy atom. The third-order valence-corrected chi connectivity index (χ3v) is 12.9. The number of benzene rings is 1. The van der Waals surface area contributed by atoms with E-state index in [1.54, 1.807) is 0 Å². The van der Waals surface area contributed by atoms with Gasteiger partial charge in [-0.2, -0.15) is 11.8 Å². The topological polar surface area (TPSA) is 435 Å². The van der Waals surface area contributed by atoms with Gasteiger partial charge in [-0.1, -0.05) is 0 Å². The van der Waals surface area contributed by atoms with Gasteiger partial charge in [0.05, 0.1) is 38.0 Å². The molecular formula is C41H64N2O26S. The Morgan fingerprint density at radius 3 is 1.51 bits per heavy atom. The largest absolute Gasteiger partial charge is 0.427 e. The standard InChI is InChI=1S/C41H64N2O26S/c44-14-20-26(50)30(54)34(58)38(63-20)67-36-32(56)28(52)22(16-46)65-40(36)69-37-33(57)29(53)23(17-47)66-41(37)68-35-31(55)27(51)21(15-45)64-39(35)61-11-3-12-70-13-10-42-24(48)4-1-2-5-25(49)62-19-8-6-18(7-9-19)43(59)60/h6-9,20-23,26-41,44-47,50-58H,1-5,10-17H2,(H,42,48)/t20-,21-,22-,23-,26-,27-,28-,29-,30+,31+,32+,33+,34+,35+,36+,37+,38+,39+,40+,41-/m1/s1. The maximum atomic E-state index is 12.3. The number of carbonyl (C=O) groups is 2. The minimum atomic E-state index is -2.06. The zero-order valence-electron chi connectivity index (χ0n) is 37.5. The second-order valence-corrected chi connectivity index (χ2v) is 18.0. The van der Waals surface area contributed by atoms with Crippen molar-refractivity contribution in [3.05, 3.63) is 34.4 Å². The number of esters is 1. The highest BCUT2D eigenvalue weighted by Crippen LogP contribution is 2.35. The summed E-state index contributed by atoms with van der Waals surface area (Å²) in [5.41, 5.74) is -0.143. The molecule has 14 N–H and O–H groups in total. The molecule has 0 aliphatic carbocycles. The molecule has 400 valence electrons. The predicted octanol–water partition coefficient (Wildman–Crippen LogP) is -6.41. The number of aliphatic hydroxyl groups is 13. The van der Waals surface area contributed by atoms with Crippen LogP contribution in [-0.4, -0.2) is 257 Å². The van der Waals surface area contributed by atoms with Crippen molar-refractivity contribution in [1.29, 1.82) is 0 Å². The molecule has 4 aliphatic rings. The second-order valence-electron chi connectivity index (χ2n) is 16.7. The molecule has 28 nitrogen and oxygen atoms in total. The van der Waals surface area contributed by atoms with Gasteiger partial charge < -0.3 is 114 Å². The van der Waals surface area contributed by atoms with Crippen molar-refractivity contribution in [3.63, 3.8) is 0 Å². The molecule has 4 fully saturated rings. The number of ether oxygens (including phenoxy) is 9. The number of nitrogens with zero attached hydrogens (tertiary/aromatic N) is 1. The number of carbonyl (C=O) groups excluding carboxylic acids is 2. The van der Waals surface area contributed by atoms with Crippen LogP contribution in [0.15, 0.2) is 24.3 Å². The zero-order chi connectivity index (χ0) is 51.2. The maximum absolute atomic E-state index is 12.3. The Bertz CT molecular complexity index is 1760. The number of nitro benzene ring substituents is 1. The number of nitrogens with one attached hydrogen (secondary N) is 1. The van der Waals surface area contributed by atoms with Crippen LogP contribution in [0.3, 0.4) is 0 Å². The summed E-state index contributed by atoms with van der Waals surface area (Å²) in [4.78, 5) is 34.6. The number of non-ortho nitro benzene ring substituents is 1. The first-order chi connectivity index (χ1) is 33.4. The van der Waals surface area contributed by atoms with Crippen molar-refractivity contribution in [1.82, 2.24) is 5.32 Å². The minimum absolute atomic E-state index is 0.0398. The first-order valence-corrected chi connectivity index (χ1v) is 23.6. The lowest BCUT2D eigenvalue weighted by atomic mass is 9.96. The van der Waals surface area contributed by atoms with Gasteiger partial charge in [0.25, 0.3) is 5.69 Å². The second kappa shape index (κ2) is 27.9. The number of nitro groups is 1. The molecule has 0 bridgehead atoms. The van der Waals surface area contributed by atoms with Crippen molar-refractivity contribution in [2.45, 2.75) is 155 Å². The van der Waals surface area contributed by atoms with E-state index in [-0.39, 0.29) is 36.8 Å². The first-order valence-electron chi connectivity index (χ1n) is 22.5. The van der Waals surface area contributed by atoms with Crippen molar-refractivity contribution in [2.24, 2.45) is 0 Å². The van der Waals surface area contributed by atoms with Gasteiger partial charge in [0.2, 0.25) is 5.91 Å². The van der Waals surface area contributed by atoms with E-state index in [9.17, 15) is 86.1 Å². The van der Waals surface area contributed by atoms with E-state index in [0.717, 1.165) is 0 Å². The van der Waals surface area contributed by atoms with E-state index >= 15 is 0 Å². The average molecular weight is 1030 g/mol. The number of hydrogen-bond acceptors (Lipinski definition) is 27. The predicted molar refractivity (Wildman–Crippen MR) is 230 cm³/mol. The maximum Gasteiger partial charge on any atom is 0.311 e. The van der Waals surface area contributed by atoms with Crippen molar-refractivity contribution in [3.8, 4) is 5.75 Å². The lowest BCUT2D eigenvalue weighted by Crippen LogP contribution is -2.68. The molecule has 1 amide bonds. The molecule has 1 aromatic carbocycles. The van der Waals surface area contributed by atoms with Crippen LogP contribution in [0.4, 0.5) is 5.69 Å². The molecule has 0 aromatic heterocycles. The van der Waals surface area contributed by atoms with E-state index in [2.05, 4.69) is 5.32 Å². The third-order valence-electron chi connectivity index (χ3n) is 11.8. The number of aliphatic hydroxyl groups excluding tert-OH is 13. The summed E-state index contributed by atoms with van der Waals surface area (Å²) in [6.45, 7) is -3.20. The molecule has 1 aromatic rings. The molecule has 0 radical (unpaired) electrons. The summed E-state index contributed by atoms with van der Waals surface area (Å²) in [5.74, 6) is 0.391. The summed E-state index contributed by atoms with van der Waals surface area (Å²) in [5, 5.41) is 150. The van der Waals surface area contributed by atoms with Gasteiger partial charge in [-0.3, -0.25) is 19.7 Å². The zero-order valence-corrected chi connectivity index (χ0v) is 38.3. The normalized spacial score (nSPS) is 38.0. The smallest absolute Gasteiger partial charge is 0.311 e. The molecule has 4 heterocycles. The van der Waals surface area contributed by atoms with Gasteiger partial charge in [-0.25, -0.2) is 0 Å². The van der Waals surface area contributed by atoms with Gasteiger partial charge in [0.15, 0.2) is 25.2 Å². The Labute approximate surface area is 403 Å². The van der Waals surface area contributed by atoms with E-state index in [4.69, 9.17) is 42.6 Å². The molecule has 0 spiro atoms. The highest BCUT2D eigenvalue weighted by Gasteiger charge is 2.56. The van der Waals surface area contributed by atoms with Crippen LogP contribution < -0.4 is 10.1 Å². The minimum Gasteiger partial charge on any atom is -0.427 e. The van der Waals surface area contributed by atoms with Gasteiger partial charge in [0, 0.05) is 37.3 Å². The van der Waals surface area contributed by atoms with Crippen LogP contribution >= 0.6 is 11.8 Å². The van der Waals surface area contributed by atoms with Crippen LogP contribution in [0.25, 0.3) is 0 Å². The number of hydrogen-bond donors (Lipinski definition) is 14. The monoisotopic (exact) mass is 1030 g/mol. The quantitative estimate of drug-likeness (QED) is 0.0142. The Morgan fingerprint density at radius 2 is 1.01 bits per heavy atom. The fourth-order valence-corrected chi connectivity index (χ4v) is 8.56. The summed E-state index contributed by atoms with van der Waals surface area (Å²) in [6.07, 6.45) is -35.1. The molecule has 29 heteroatoms. The Hall–Kier alpha value is -2.93. The Balaban J connectivity index is 1.14. The summed E-state index contributed by atoms with van der Waals surface area (Å²) >= 11 is 1.45. The van der Waals surface area contributed by atoms with E-state index in [0.29, 0.717) is 37.3 Å². The van der Waals surface area contributed by atoms with Crippen LogP contribution in [0.2, 0.25) is 0 Å². The lowest BCUT2D eigenvalue weighted by Gasteiger charge is -2.49. The number of unbranched alkanes of at least 4 members (excludes halogenated alkanes) is 1. The van der Waals surface area contributed by atoms with Crippen molar-refractivity contribution in [2.75, 3.05) is 51.1 Å². The number of thioether (sulfide) groups is 1. The lowest BCUT2D eigenvalue weighted by molar-refractivity contribution is -0.406. The van der Waals surface area contributed by atoms with Crippen molar-refractivity contribution >= 4 is 29.3 Å². The van der Waals surface area contributed by atoms with Crippen LogP contribution in [0.1, 0.15) is 32.1 Å².